The topological polar surface area (TPSA) is 56.4 Å². The minimum Gasteiger partial charge on any atom is -0.662 e. The van der Waals surface area contributed by atoms with Crippen LogP contribution in [0.1, 0.15) is 877 Å². The van der Waals surface area contributed by atoms with Gasteiger partial charge in [0.15, 0.2) is 0 Å². The average molecular weight is 2180 g/mol. The van der Waals surface area contributed by atoms with Gasteiger partial charge in [0, 0.05) is 0 Å². The normalized spacial score (nSPS) is 11.4. The van der Waals surface area contributed by atoms with Crippen molar-refractivity contribution < 1.29 is 26.2 Å². The summed E-state index contributed by atoms with van der Waals surface area (Å²) < 4.78 is 0. The van der Waals surface area contributed by atoms with E-state index in [-0.39, 0.29) is 26.2 Å². The number of rotatable bonds is 136. The summed E-state index contributed by atoms with van der Waals surface area (Å²) in [6.45, 7) is 27.4. The van der Waals surface area contributed by atoms with Crippen LogP contribution in [0.15, 0.2) is 0 Å². The molecule has 0 spiro atoms. The van der Waals surface area contributed by atoms with E-state index in [2.05, 4.69) is 55.4 Å². The molecule has 0 aromatic heterocycles. The van der Waals surface area contributed by atoms with E-state index in [0.717, 1.165) is 52.4 Å². The quantitative estimate of drug-likeness (QED) is 0.0545. The minimum absolute atomic E-state index is 0. The van der Waals surface area contributed by atoms with E-state index in [9.17, 15) is 0 Å². The maximum absolute atomic E-state index is 4.78. The fourth-order valence-corrected chi connectivity index (χ4v) is 22.6. The van der Waals surface area contributed by atoms with Crippen LogP contribution < -0.4 is 0 Å². The zero-order valence-corrected chi connectivity index (χ0v) is 109. The van der Waals surface area contributed by atoms with E-state index in [1.54, 1.807) is 0 Å². The summed E-state index contributed by atoms with van der Waals surface area (Å²) in [7, 11) is 0. The molecule has 0 amide bonds. The molecule has 0 aromatic rings. The van der Waals surface area contributed by atoms with Gasteiger partial charge in [-0.3, -0.25) is 0 Å². The van der Waals surface area contributed by atoms with E-state index in [1.165, 1.54) is 822 Å². The zero-order chi connectivity index (χ0) is 107. The van der Waals surface area contributed by atoms with Crippen molar-refractivity contribution in [1.29, 1.82) is 0 Å². The van der Waals surface area contributed by atoms with Crippen molar-refractivity contribution >= 4 is 0 Å². The van der Waals surface area contributed by atoms with Crippen molar-refractivity contribution in [1.82, 2.24) is 0 Å². The fourth-order valence-electron chi connectivity index (χ4n) is 22.6. The monoisotopic (exact) mass is 2170 g/mol. The molecule has 0 aliphatic heterocycles. The second-order valence-corrected chi connectivity index (χ2v) is 49.1. The van der Waals surface area contributed by atoms with Crippen LogP contribution in [0, 0.1) is 0 Å². The molecule has 0 fully saturated rings. The van der Waals surface area contributed by atoms with Crippen LogP contribution in [0.4, 0.5) is 0 Å². The van der Waals surface area contributed by atoms with E-state index in [1.807, 2.05) is 0 Å². The summed E-state index contributed by atoms with van der Waals surface area (Å²) >= 11 is 0. The number of unbranched alkanes of at least 4 members (excludes halogenated alkanes) is 120. The Balaban J connectivity index is -0.000000617. The Morgan fingerprint density at radius 3 is 0.148 bits per heavy atom. The van der Waals surface area contributed by atoms with Crippen molar-refractivity contribution in [2.24, 2.45) is 0 Å². The average Bonchev–Trinajstić information content (AvgIpc) is 1.10. The van der Waals surface area contributed by atoms with Gasteiger partial charge in [-0.2, -0.15) is 0 Å². The molecule has 0 heterocycles. The third kappa shape index (κ3) is 171. The first kappa shape index (κ1) is 158. The fraction of sp³-hybridized carbons (Fsp3) is 1.00. The molecule has 0 N–H and O–H groups in total. The molecule has 0 atom stereocenters. The molecular weight excluding hydrogens is 1880 g/mol. The Hall–Kier alpha value is 0.723. The molecule has 5 heteroatoms. The molecule has 149 heavy (non-hydrogen) atoms. The summed E-state index contributed by atoms with van der Waals surface area (Å²) in [5.74, 6) is 0. The first-order valence-corrected chi connectivity index (χ1v) is 72.2. The van der Waals surface area contributed by atoms with Crippen molar-refractivity contribution in [2.45, 2.75) is 877 Å². The molecule has 4 nitrogen and oxygen atoms in total. The number of hydrogen-bond donors (Lipinski definition) is 0. The van der Waals surface area contributed by atoms with Crippen molar-refractivity contribution in [3.63, 3.8) is 0 Å². The first-order chi connectivity index (χ1) is 73.7. The molecule has 0 aliphatic rings. The smallest absolute Gasteiger partial charge is 0.662 e. The Kier molecular flexibility index (Phi) is 174. The summed E-state index contributed by atoms with van der Waals surface area (Å²) in [4.78, 5) is 0. The van der Waals surface area contributed by atoms with Crippen LogP contribution in [-0.4, -0.2) is 52.4 Å². The molecule has 0 aliphatic carbocycles. The second kappa shape index (κ2) is 164. The predicted molar refractivity (Wildman–Crippen MR) is 689 cm³/mol. The van der Waals surface area contributed by atoms with Crippen LogP contribution in [0.3, 0.4) is 0 Å². The standard InChI is InChI=1S/4C36H74N.Zr/c4*1-3-5-7-9-11-13-15-17-19-21-23-25-27-29-31-33-35-37-36-34-32-30-28-26-24-22-20-18-16-14-12-10-8-6-4-2;/h4*3-36H2,1-2H3;/q4*-1;+4. The molecule has 0 rings (SSSR count). The summed E-state index contributed by atoms with van der Waals surface area (Å²) in [5, 5.41) is 19.1. The SMILES string of the molecule is CCCCCCCCCCCCCCCCCC[N-]CCCCCCCCCCCCCCCCCC.CCCCCCCCCCCCCCCCCC[N-]CCCCCCCCCCCCCCCCCC.CCCCCCCCCCCCCCCCCC[N-]CCCCCCCCCCCCCCCCCC.CCCCCCCCCCCCCCCCCC[N-]CCCCCCCCCCCCCCCCCC.[Zr+4]. The van der Waals surface area contributed by atoms with Crippen LogP contribution in [0.2, 0.25) is 0 Å². The van der Waals surface area contributed by atoms with Gasteiger partial charge in [0.1, 0.15) is 0 Å². The van der Waals surface area contributed by atoms with E-state index in [0.29, 0.717) is 0 Å². The van der Waals surface area contributed by atoms with E-state index < -0.39 is 0 Å². The molecule has 0 saturated heterocycles. The van der Waals surface area contributed by atoms with Gasteiger partial charge < -0.3 is 21.3 Å². The maximum Gasteiger partial charge on any atom is 4.00 e. The van der Waals surface area contributed by atoms with Gasteiger partial charge in [-0.1, -0.05) is 877 Å². The second-order valence-electron chi connectivity index (χ2n) is 49.1. The summed E-state index contributed by atoms with van der Waals surface area (Å²) in [5.41, 5.74) is 0. The molecule has 0 bridgehead atoms. The van der Waals surface area contributed by atoms with Crippen molar-refractivity contribution in [3.8, 4) is 0 Å². The predicted octanol–water partition coefficient (Wildman–Crippen LogP) is 55.5. The molecule has 0 aromatic carbocycles. The molecule has 0 unspecified atom stereocenters. The van der Waals surface area contributed by atoms with Crippen LogP contribution in [0.25, 0.3) is 21.3 Å². The Labute approximate surface area is 969 Å². The Bertz CT molecular complexity index is 1620. The maximum atomic E-state index is 4.78. The number of hydrogen-bond acceptors (Lipinski definition) is 0. The Morgan fingerprint density at radius 2 is 0.101 bits per heavy atom. The summed E-state index contributed by atoms with van der Waals surface area (Å²) in [6.07, 6.45) is 185. The van der Waals surface area contributed by atoms with Crippen molar-refractivity contribution in [3.05, 3.63) is 21.3 Å². The largest absolute Gasteiger partial charge is 4.00 e. The third-order valence-corrected chi connectivity index (χ3v) is 33.4. The zero-order valence-electron chi connectivity index (χ0n) is 106. The van der Waals surface area contributed by atoms with Gasteiger partial charge in [-0.05, 0) is 0 Å². The van der Waals surface area contributed by atoms with E-state index in [4.69, 9.17) is 21.3 Å². The van der Waals surface area contributed by atoms with Gasteiger partial charge in [-0.15, -0.1) is 52.4 Å². The first-order valence-electron chi connectivity index (χ1n) is 72.2. The van der Waals surface area contributed by atoms with Crippen LogP contribution in [0.5, 0.6) is 0 Å². The number of nitrogens with zero attached hydrogens (tertiary/aromatic N) is 4. The van der Waals surface area contributed by atoms with Gasteiger partial charge in [0.05, 0.1) is 0 Å². The molecule has 0 radical (unpaired) electrons. The van der Waals surface area contributed by atoms with Gasteiger partial charge in [0.25, 0.3) is 0 Å². The van der Waals surface area contributed by atoms with Gasteiger partial charge in [-0.25, -0.2) is 0 Å². The van der Waals surface area contributed by atoms with Gasteiger partial charge >= 0.3 is 26.2 Å². The van der Waals surface area contributed by atoms with E-state index >= 15 is 0 Å². The van der Waals surface area contributed by atoms with Gasteiger partial charge in [0.2, 0.25) is 0 Å². The van der Waals surface area contributed by atoms with Crippen LogP contribution >= 0.6 is 0 Å². The Morgan fingerprint density at radius 1 is 0.0604 bits per heavy atom. The van der Waals surface area contributed by atoms with Crippen LogP contribution in [-0.2, 0) is 26.2 Å². The molecule has 0 saturated carbocycles. The molecular formula is C144H296N4Zr. The van der Waals surface area contributed by atoms with Crippen molar-refractivity contribution in [2.75, 3.05) is 52.4 Å². The molecule has 896 valence electrons. The summed E-state index contributed by atoms with van der Waals surface area (Å²) in [6, 6.07) is 0. The minimum atomic E-state index is 0. The third-order valence-electron chi connectivity index (χ3n) is 33.4.